The maximum absolute atomic E-state index is 14.0. The number of rotatable bonds is 6. The van der Waals surface area contributed by atoms with Crippen molar-refractivity contribution in [3.8, 4) is 0 Å². The van der Waals surface area contributed by atoms with Crippen LogP contribution in [0.2, 0.25) is 0 Å². The lowest BCUT2D eigenvalue weighted by Crippen LogP contribution is -2.47. The Hall–Kier alpha value is -1.94. The molecule has 0 radical (unpaired) electrons. The van der Waals surface area contributed by atoms with Gasteiger partial charge >= 0.3 is 11.9 Å². The van der Waals surface area contributed by atoms with Gasteiger partial charge in [0.1, 0.15) is 6.04 Å². The van der Waals surface area contributed by atoms with E-state index in [1.165, 1.54) is 20.8 Å². The Morgan fingerprint density at radius 2 is 1.78 bits per heavy atom. The van der Waals surface area contributed by atoms with Crippen LogP contribution in [0.25, 0.3) is 0 Å². The molecule has 0 amide bonds. The van der Waals surface area contributed by atoms with Crippen LogP contribution >= 0.6 is 0 Å². The molecule has 10 heteroatoms. The normalized spacial score (nSPS) is 15.0. The van der Waals surface area contributed by atoms with E-state index < -0.39 is 38.6 Å². The molecule has 0 spiro atoms. The van der Waals surface area contributed by atoms with E-state index >= 15 is 0 Å². The van der Waals surface area contributed by atoms with Crippen LogP contribution in [0, 0.1) is 10.1 Å². The number of hydrogen-bond donors (Lipinski definition) is 2. The molecule has 1 aromatic carbocycles. The number of halogens is 2. The Balaban J connectivity index is 3.26. The second kappa shape index (κ2) is 6.67. The van der Waals surface area contributed by atoms with E-state index in [1.807, 2.05) is 0 Å². The molecule has 1 aromatic rings. The van der Waals surface area contributed by atoms with Crippen LogP contribution in [-0.2, 0) is 15.8 Å². The molecule has 23 heavy (non-hydrogen) atoms. The summed E-state index contributed by atoms with van der Waals surface area (Å²) in [7, 11) is -1.97. The maximum atomic E-state index is 14.0. The van der Waals surface area contributed by atoms with Gasteiger partial charge in [-0.2, -0.15) is 8.78 Å². The number of carboxylic acids is 1. The van der Waals surface area contributed by atoms with Crippen LogP contribution in [-0.4, -0.2) is 30.9 Å². The zero-order valence-electron chi connectivity index (χ0n) is 12.6. The van der Waals surface area contributed by atoms with E-state index in [1.54, 1.807) is 0 Å². The van der Waals surface area contributed by atoms with Crippen molar-refractivity contribution in [3.05, 3.63) is 39.9 Å². The molecule has 0 aliphatic rings. The first-order valence-corrected chi connectivity index (χ1v) is 7.56. The molecule has 2 N–H and O–H groups in total. The number of nitro benzene ring substituents is 1. The van der Waals surface area contributed by atoms with Gasteiger partial charge < -0.3 is 5.11 Å². The SMILES string of the molecule is CC(C)(C)[S@@](=O)N[C@H](c1ccc([N+](=O)[O-])cc1)C(F)(F)C(=O)O. The topological polar surface area (TPSA) is 110 Å². The minimum absolute atomic E-state index is 0.222. The zero-order chi connectivity index (χ0) is 18.0. The van der Waals surface area contributed by atoms with Crippen LogP contribution in [0.5, 0.6) is 0 Å². The third-order valence-corrected chi connectivity index (χ3v) is 4.43. The Labute approximate surface area is 133 Å². The smallest absolute Gasteiger partial charge is 0.376 e. The summed E-state index contributed by atoms with van der Waals surface area (Å²) < 4.78 is 41.2. The molecule has 0 bridgehead atoms. The minimum Gasteiger partial charge on any atom is -0.477 e. The third kappa shape index (κ3) is 4.52. The molecule has 0 saturated heterocycles. The maximum Gasteiger partial charge on any atom is 0.376 e. The molecule has 0 aliphatic carbocycles. The van der Waals surface area contributed by atoms with Crippen LogP contribution in [0.3, 0.4) is 0 Å². The Morgan fingerprint density at radius 1 is 1.30 bits per heavy atom. The van der Waals surface area contributed by atoms with Crippen molar-refractivity contribution in [1.29, 1.82) is 0 Å². The van der Waals surface area contributed by atoms with Gasteiger partial charge in [-0.15, -0.1) is 0 Å². The summed E-state index contributed by atoms with van der Waals surface area (Å²) in [5.41, 5.74) is -0.552. The first kappa shape index (κ1) is 19.1. The second-order valence-electron chi connectivity index (χ2n) is 5.71. The summed E-state index contributed by atoms with van der Waals surface area (Å²) in [6, 6.07) is 1.86. The van der Waals surface area contributed by atoms with Crippen molar-refractivity contribution in [1.82, 2.24) is 4.72 Å². The van der Waals surface area contributed by atoms with Crippen LogP contribution < -0.4 is 4.72 Å². The molecule has 1 rings (SSSR count). The van der Waals surface area contributed by atoms with Crippen molar-refractivity contribution >= 4 is 22.6 Å². The highest BCUT2D eigenvalue weighted by Gasteiger charge is 2.49. The first-order valence-electron chi connectivity index (χ1n) is 6.41. The average Bonchev–Trinajstić information content (AvgIpc) is 2.43. The summed E-state index contributed by atoms with van der Waals surface area (Å²) in [4.78, 5) is 20.7. The van der Waals surface area contributed by atoms with Crippen molar-refractivity contribution in [3.63, 3.8) is 0 Å². The fraction of sp³-hybridized carbons (Fsp3) is 0.462. The molecule has 7 nitrogen and oxygen atoms in total. The standard InChI is InChI=1S/C13H16F2N2O5S/c1-12(2,3)23(22)16-10(13(14,15)11(18)19)8-4-6-9(7-5-8)17(20)21/h4-7,10,16H,1-3H3,(H,18,19)/t10-,23-/m1/s1. The largest absolute Gasteiger partial charge is 0.477 e. The van der Waals surface area contributed by atoms with Gasteiger partial charge in [0.15, 0.2) is 0 Å². The van der Waals surface area contributed by atoms with Gasteiger partial charge in [0.2, 0.25) is 0 Å². The number of alkyl halides is 2. The van der Waals surface area contributed by atoms with Gasteiger partial charge in [-0.1, -0.05) is 12.1 Å². The Kier molecular flexibility index (Phi) is 5.54. The Bertz CT molecular complexity index is 628. The number of non-ortho nitro benzene ring substituents is 1. The fourth-order valence-corrected chi connectivity index (χ4v) is 2.40. The molecule has 0 heterocycles. The zero-order valence-corrected chi connectivity index (χ0v) is 13.4. The summed E-state index contributed by atoms with van der Waals surface area (Å²) in [5.74, 6) is -6.64. The number of nitrogens with zero attached hydrogens (tertiary/aromatic N) is 1. The van der Waals surface area contributed by atoms with Crippen molar-refractivity contribution in [2.45, 2.75) is 37.5 Å². The molecule has 0 fully saturated rings. The number of benzene rings is 1. The van der Waals surface area contributed by atoms with Crippen LogP contribution in [0.4, 0.5) is 14.5 Å². The van der Waals surface area contributed by atoms with E-state index in [2.05, 4.69) is 4.72 Å². The van der Waals surface area contributed by atoms with E-state index in [0.717, 1.165) is 24.3 Å². The van der Waals surface area contributed by atoms with Gasteiger partial charge in [-0.25, -0.2) is 13.7 Å². The summed E-state index contributed by atoms with van der Waals surface area (Å²) in [6.07, 6.45) is 0. The van der Waals surface area contributed by atoms with Crippen molar-refractivity contribution in [2.75, 3.05) is 0 Å². The molecular weight excluding hydrogens is 334 g/mol. The summed E-state index contributed by atoms with van der Waals surface area (Å²) in [6.45, 7) is 4.59. The quantitative estimate of drug-likeness (QED) is 0.605. The number of nitrogens with one attached hydrogen (secondary N) is 1. The first-order chi connectivity index (χ1) is 10.4. The monoisotopic (exact) mass is 350 g/mol. The lowest BCUT2D eigenvalue weighted by atomic mass is 10.0. The Morgan fingerprint density at radius 3 is 2.13 bits per heavy atom. The molecule has 0 unspecified atom stereocenters. The molecule has 128 valence electrons. The molecule has 0 aliphatic heterocycles. The lowest BCUT2D eigenvalue weighted by Gasteiger charge is -2.28. The van der Waals surface area contributed by atoms with Crippen molar-refractivity contribution in [2.24, 2.45) is 0 Å². The molecular formula is C13H16F2N2O5S. The van der Waals surface area contributed by atoms with Gasteiger partial charge in [0.25, 0.3) is 5.69 Å². The van der Waals surface area contributed by atoms with E-state index in [4.69, 9.17) is 5.11 Å². The lowest BCUT2D eigenvalue weighted by molar-refractivity contribution is -0.384. The number of nitro groups is 1. The van der Waals surface area contributed by atoms with Crippen LogP contribution in [0.1, 0.15) is 32.4 Å². The predicted octanol–water partition coefficient (Wildman–Crippen LogP) is 2.41. The highest BCUT2D eigenvalue weighted by Crippen LogP contribution is 2.33. The van der Waals surface area contributed by atoms with E-state index in [-0.39, 0.29) is 11.3 Å². The predicted molar refractivity (Wildman–Crippen MR) is 79.5 cm³/mol. The minimum atomic E-state index is -4.25. The number of hydrogen-bond acceptors (Lipinski definition) is 4. The highest BCUT2D eigenvalue weighted by molar-refractivity contribution is 7.84. The van der Waals surface area contributed by atoms with E-state index in [0.29, 0.717) is 0 Å². The number of carbonyl (C=O) groups is 1. The second-order valence-corrected chi connectivity index (χ2v) is 7.71. The van der Waals surface area contributed by atoms with E-state index in [9.17, 15) is 27.9 Å². The van der Waals surface area contributed by atoms with Crippen molar-refractivity contribution < 1.29 is 27.8 Å². The number of aliphatic carboxylic acids is 1. The summed E-state index contributed by atoms with van der Waals surface area (Å²) in [5, 5.41) is 19.3. The van der Waals surface area contributed by atoms with Gasteiger partial charge in [-0.05, 0) is 26.3 Å². The van der Waals surface area contributed by atoms with Gasteiger partial charge in [-0.3, -0.25) is 10.1 Å². The molecule has 0 aromatic heterocycles. The number of carboxylic acid groups (broad SMARTS) is 1. The van der Waals surface area contributed by atoms with Gasteiger partial charge in [0, 0.05) is 12.1 Å². The third-order valence-electron chi connectivity index (χ3n) is 2.87. The van der Waals surface area contributed by atoms with Crippen LogP contribution in [0.15, 0.2) is 24.3 Å². The molecule has 0 saturated carbocycles. The van der Waals surface area contributed by atoms with Gasteiger partial charge in [0.05, 0.1) is 20.7 Å². The fourth-order valence-electron chi connectivity index (χ4n) is 1.55. The highest BCUT2D eigenvalue weighted by atomic mass is 32.2. The molecule has 2 atom stereocenters. The average molecular weight is 350 g/mol. The summed E-state index contributed by atoms with van der Waals surface area (Å²) >= 11 is 0.